The van der Waals surface area contributed by atoms with E-state index in [1.54, 1.807) is 50.4 Å². The number of aliphatic hydroxyl groups excluding tert-OH is 1. The largest absolute Gasteiger partial charge is 0.507 e. The molecule has 1 aliphatic heterocycles. The van der Waals surface area contributed by atoms with Gasteiger partial charge in [-0.2, -0.15) is 0 Å². The second-order valence-electron chi connectivity index (χ2n) is 8.43. The van der Waals surface area contributed by atoms with E-state index >= 15 is 0 Å². The first-order valence-electron chi connectivity index (χ1n) is 11.2. The maximum Gasteiger partial charge on any atom is 0.338 e. The van der Waals surface area contributed by atoms with Crippen molar-refractivity contribution in [1.82, 2.24) is 4.98 Å². The minimum atomic E-state index is -1.05. The molecule has 1 fully saturated rings. The Morgan fingerprint density at radius 2 is 1.76 bits per heavy atom. The molecule has 37 heavy (non-hydrogen) atoms. The number of esters is 1. The van der Waals surface area contributed by atoms with Crippen molar-refractivity contribution in [2.45, 2.75) is 26.0 Å². The summed E-state index contributed by atoms with van der Waals surface area (Å²) in [6.07, 6.45) is 2.69. The van der Waals surface area contributed by atoms with Gasteiger partial charge in [0.1, 0.15) is 5.76 Å². The second-order valence-corrected chi connectivity index (χ2v) is 9.25. The van der Waals surface area contributed by atoms with Crippen LogP contribution in [0.25, 0.3) is 5.76 Å². The molecule has 0 radical (unpaired) electrons. The zero-order valence-electron chi connectivity index (χ0n) is 20.1. The first-order chi connectivity index (χ1) is 17.6. The lowest BCUT2D eigenvalue weighted by Crippen LogP contribution is -2.29. The van der Waals surface area contributed by atoms with Crippen LogP contribution in [0.15, 0.2) is 66.5 Å². The fraction of sp³-hybridized carbons (Fsp3) is 0.185. The highest BCUT2D eigenvalue weighted by Crippen LogP contribution is 2.43. The number of carbonyl (C=O) groups is 3. The van der Waals surface area contributed by atoms with Crippen LogP contribution in [0.2, 0.25) is 10.0 Å². The molecule has 1 aliphatic rings. The molecule has 4 rings (SSSR count). The van der Waals surface area contributed by atoms with E-state index in [0.29, 0.717) is 5.56 Å². The van der Waals surface area contributed by atoms with Crippen LogP contribution >= 0.6 is 23.2 Å². The molecule has 2 heterocycles. The number of aromatic nitrogens is 1. The third-order valence-corrected chi connectivity index (χ3v) is 6.18. The summed E-state index contributed by atoms with van der Waals surface area (Å²) in [5.41, 5.74) is 0.859. The Morgan fingerprint density at radius 1 is 1.05 bits per heavy atom. The van der Waals surface area contributed by atoms with Crippen LogP contribution in [-0.2, 0) is 14.3 Å². The van der Waals surface area contributed by atoms with Gasteiger partial charge in [-0.1, -0.05) is 35.3 Å². The Morgan fingerprint density at radius 3 is 2.35 bits per heavy atom. The Hall–Kier alpha value is -3.88. The van der Waals surface area contributed by atoms with Gasteiger partial charge in [-0.15, -0.1) is 0 Å². The lowest BCUT2D eigenvalue weighted by Gasteiger charge is -2.25. The van der Waals surface area contributed by atoms with E-state index in [1.807, 2.05) is 0 Å². The van der Waals surface area contributed by atoms with Crippen molar-refractivity contribution >= 4 is 52.3 Å². The smallest absolute Gasteiger partial charge is 0.338 e. The molecule has 1 aromatic heterocycles. The summed E-state index contributed by atoms with van der Waals surface area (Å²) in [6, 6.07) is 11.2. The zero-order valence-corrected chi connectivity index (χ0v) is 21.6. The maximum absolute atomic E-state index is 13.4. The SMILES string of the molecule is COc1c(Cl)cc(/C(O)=C2\C(=O)C(=O)N(c3cccc(C(=O)OC(C)C)c3)C2c2cccnc2)cc1Cl. The number of aliphatic hydroxyl groups is 1. The van der Waals surface area contributed by atoms with Crippen molar-refractivity contribution in [3.63, 3.8) is 0 Å². The number of nitrogens with zero attached hydrogens (tertiary/aromatic N) is 2. The lowest BCUT2D eigenvalue weighted by atomic mass is 9.96. The first kappa shape index (κ1) is 26.2. The second kappa shape index (κ2) is 10.6. The van der Waals surface area contributed by atoms with E-state index in [9.17, 15) is 19.5 Å². The first-order valence-corrected chi connectivity index (χ1v) is 11.9. The number of halogens is 2. The Bertz CT molecular complexity index is 1400. The molecule has 0 saturated carbocycles. The number of pyridine rings is 1. The van der Waals surface area contributed by atoms with Gasteiger partial charge < -0.3 is 14.6 Å². The molecular formula is C27H22Cl2N2O6. The molecule has 1 amide bonds. The van der Waals surface area contributed by atoms with E-state index in [2.05, 4.69) is 4.98 Å². The highest BCUT2D eigenvalue weighted by atomic mass is 35.5. The number of rotatable bonds is 6. The molecule has 10 heteroatoms. The van der Waals surface area contributed by atoms with Crippen molar-refractivity contribution in [3.8, 4) is 5.75 Å². The topological polar surface area (TPSA) is 106 Å². The molecule has 0 aliphatic carbocycles. The van der Waals surface area contributed by atoms with Crippen LogP contribution in [-0.4, -0.2) is 41.0 Å². The molecule has 1 unspecified atom stereocenters. The van der Waals surface area contributed by atoms with Crippen molar-refractivity contribution in [1.29, 1.82) is 0 Å². The minimum absolute atomic E-state index is 0.111. The van der Waals surface area contributed by atoms with Crippen molar-refractivity contribution in [3.05, 3.63) is 93.2 Å². The lowest BCUT2D eigenvalue weighted by molar-refractivity contribution is -0.132. The predicted molar refractivity (Wildman–Crippen MR) is 139 cm³/mol. The number of carbonyl (C=O) groups excluding carboxylic acids is 3. The van der Waals surface area contributed by atoms with Gasteiger partial charge >= 0.3 is 5.97 Å². The van der Waals surface area contributed by atoms with Gasteiger partial charge in [0.25, 0.3) is 11.7 Å². The molecule has 3 aromatic rings. The molecule has 1 N–H and O–H groups in total. The fourth-order valence-corrected chi connectivity index (χ4v) is 4.71. The van der Waals surface area contributed by atoms with Crippen LogP contribution in [0, 0.1) is 0 Å². The molecule has 8 nitrogen and oxygen atoms in total. The molecule has 1 atom stereocenters. The van der Waals surface area contributed by atoms with Gasteiger partial charge in [0.05, 0.1) is 40.4 Å². The average molecular weight is 541 g/mol. The highest BCUT2D eigenvalue weighted by Gasteiger charge is 2.47. The number of anilines is 1. The summed E-state index contributed by atoms with van der Waals surface area (Å²) in [5, 5.41) is 11.5. The number of ketones is 1. The van der Waals surface area contributed by atoms with E-state index < -0.39 is 29.5 Å². The minimum Gasteiger partial charge on any atom is -0.507 e. The van der Waals surface area contributed by atoms with Crippen LogP contribution in [0.5, 0.6) is 5.75 Å². The van der Waals surface area contributed by atoms with Crippen LogP contribution in [0.1, 0.15) is 41.4 Å². The monoisotopic (exact) mass is 540 g/mol. The summed E-state index contributed by atoms with van der Waals surface area (Å²) in [6.45, 7) is 3.45. The fourth-order valence-electron chi connectivity index (χ4n) is 4.06. The molecule has 1 saturated heterocycles. The van der Waals surface area contributed by atoms with Gasteiger partial charge in [0, 0.05) is 23.6 Å². The van der Waals surface area contributed by atoms with Crippen LogP contribution in [0.3, 0.4) is 0 Å². The third kappa shape index (κ3) is 5.03. The summed E-state index contributed by atoms with van der Waals surface area (Å²) in [4.78, 5) is 44.5. The number of Topliss-reactive ketones (excluding diaryl/α,β-unsaturated/α-hetero) is 1. The maximum atomic E-state index is 13.4. The Balaban J connectivity index is 1.90. The van der Waals surface area contributed by atoms with Gasteiger partial charge in [-0.25, -0.2) is 4.79 Å². The standard InChI is InChI=1S/C27H22Cl2N2O6/c1-14(2)37-27(35)15-6-4-8-18(10-15)31-22(16-7-5-9-30-13-16)21(24(33)26(31)34)23(32)17-11-19(28)25(36-3)20(29)12-17/h4-14,22,32H,1-3H3/b23-21+. The van der Waals surface area contributed by atoms with Crippen LogP contribution in [0.4, 0.5) is 5.69 Å². The number of methoxy groups -OCH3 is 1. The number of hydrogen-bond acceptors (Lipinski definition) is 7. The molecule has 2 aromatic carbocycles. The van der Waals surface area contributed by atoms with Crippen LogP contribution < -0.4 is 9.64 Å². The van der Waals surface area contributed by atoms with E-state index in [0.717, 1.165) is 0 Å². The summed E-state index contributed by atoms with van der Waals surface area (Å²) in [7, 11) is 1.39. The molecule has 0 bridgehead atoms. The van der Waals surface area contributed by atoms with E-state index in [-0.39, 0.29) is 44.3 Å². The third-order valence-electron chi connectivity index (χ3n) is 5.62. The number of amides is 1. The molecule has 190 valence electrons. The normalized spacial score (nSPS) is 16.8. The Kier molecular flexibility index (Phi) is 7.52. The summed E-state index contributed by atoms with van der Waals surface area (Å²) >= 11 is 12.5. The van der Waals surface area contributed by atoms with Gasteiger partial charge in [0.15, 0.2) is 5.75 Å². The highest BCUT2D eigenvalue weighted by molar-refractivity contribution is 6.51. The number of benzene rings is 2. The van der Waals surface area contributed by atoms with Crippen molar-refractivity contribution < 1.29 is 29.0 Å². The van der Waals surface area contributed by atoms with E-state index in [4.69, 9.17) is 32.7 Å². The number of ether oxygens (including phenoxy) is 2. The summed E-state index contributed by atoms with van der Waals surface area (Å²) < 4.78 is 10.4. The van der Waals surface area contributed by atoms with Gasteiger partial charge in [0.2, 0.25) is 0 Å². The quantitative estimate of drug-likeness (QED) is 0.188. The number of hydrogen-bond donors (Lipinski definition) is 1. The van der Waals surface area contributed by atoms with E-state index in [1.165, 1.54) is 36.4 Å². The van der Waals surface area contributed by atoms with Gasteiger partial charge in [-0.05, 0) is 55.8 Å². The molecule has 0 spiro atoms. The van der Waals surface area contributed by atoms with Crippen molar-refractivity contribution in [2.24, 2.45) is 0 Å². The van der Waals surface area contributed by atoms with Gasteiger partial charge in [-0.3, -0.25) is 19.5 Å². The zero-order chi connectivity index (χ0) is 26.9. The summed E-state index contributed by atoms with van der Waals surface area (Å²) in [5.74, 6) is -2.67. The average Bonchev–Trinajstić information content (AvgIpc) is 3.14. The van der Waals surface area contributed by atoms with Crippen molar-refractivity contribution in [2.75, 3.05) is 12.0 Å². The Labute approximate surface area is 223 Å². The molecular weight excluding hydrogens is 519 g/mol. The predicted octanol–water partition coefficient (Wildman–Crippen LogP) is 5.59.